The second-order valence-electron chi connectivity index (χ2n) is 7.08. The second kappa shape index (κ2) is 11.0. The van der Waals surface area contributed by atoms with E-state index in [-0.39, 0.29) is 5.91 Å². The number of carbonyl (C=O) groups excluding carboxylic acids is 1. The van der Waals surface area contributed by atoms with Gasteiger partial charge in [0.1, 0.15) is 5.75 Å². The molecular formula is C22H26ClN3O2S2. The van der Waals surface area contributed by atoms with E-state index in [1.165, 1.54) is 11.3 Å². The largest absolute Gasteiger partial charge is 0.497 e. The smallest absolute Gasteiger partial charge is 0.229 e. The normalized spacial score (nSPS) is 11.2. The molecule has 0 aliphatic carbocycles. The molecule has 160 valence electrons. The molecule has 1 amide bonds. The van der Waals surface area contributed by atoms with Crippen LogP contribution in [0.25, 0.3) is 10.2 Å². The van der Waals surface area contributed by atoms with Crippen LogP contribution in [0.5, 0.6) is 5.75 Å². The molecule has 1 aromatic heterocycles. The molecule has 0 saturated carbocycles. The van der Waals surface area contributed by atoms with Crippen LogP contribution in [-0.4, -0.2) is 55.8 Å². The monoisotopic (exact) mass is 463 g/mol. The number of anilines is 1. The zero-order chi connectivity index (χ0) is 21.5. The Morgan fingerprint density at radius 2 is 1.93 bits per heavy atom. The Hall–Kier alpha value is -1.80. The van der Waals surface area contributed by atoms with Gasteiger partial charge in [-0.15, -0.1) is 11.8 Å². The Bertz CT molecular complexity index is 976. The van der Waals surface area contributed by atoms with Gasteiger partial charge in [0.05, 0.1) is 17.3 Å². The predicted octanol–water partition coefficient (Wildman–Crippen LogP) is 5.43. The van der Waals surface area contributed by atoms with Crippen molar-refractivity contribution < 1.29 is 9.53 Å². The van der Waals surface area contributed by atoms with Crippen LogP contribution in [0.2, 0.25) is 5.02 Å². The quantitative estimate of drug-likeness (QED) is 0.375. The molecule has 0 saturated heterocycles. The van der Waals surface area contributed by atoms with Crippen molar-refractivity contribution in [3.8, 4) is 5.75 Å². The lowest BCUT2D eigenvalue weighted by Crippen LogP contribution is -2.33. The van der Waals surface area contributed by atoms with Crippen molar-refractivity contribution in [2.24, 2.45) is 0 Å². The van der Waals surface area contributed by atoms with Crippen LogP contribution in [0.1, 0.15) is 12.8 Å². The molecule has 0 aliphatic rings. The molecule has 0 unspecified atom stereocenters. The number of thiazole rings is 1. The molecule has 0 bridgehead atoms. The molecule has 5 nitrogen and oxygen atoms in total. The van der Waals surface area contributed by atoms with Crippen LogP contribution >= 0.6 is 34.7 Å². The van der Waals surface area contributed by atoms with E-state index < -0.39 is 0 Å². The molecule has 0 aliphatic heterocycles. The minimum Gasteiger partial charge on any atom is -0.497 e. The van der Waals surface area contributed by atoms with E-state index >= 15 is 0 Å². The van der Waals surface area contributed by atoms with Gasteiger partial charge in [-0.2, -0.15) is 0 Å². The minimum atomic E-state index is 0.0971. The van der Waals surface area contributed by atoms with Crippen LogP contribution in [0.15, 0.2) is 47.4 Å². The summed E-state index contributed by atoms with van der Waals surface area (Å²) in [6.07, 6.45) is 1.34. The van der Waals surface area contributed by atoms with E-state index in [4.69, 9.17) is 16.3 Å². The number of hydrogen-bond donors (Lipinski definition) is 0. The number of aromatic nitrogens is 1. The van der Waals surface area contributed by atoms with Gasteiger partial charge >= 0.3 is 0 Å². The fourth-order valence-electron chi connectivity index (χ4n) is 2.94. The average Bonchev–Trinajstić information content (AvgIpc) is 3.14. The summed E-state index contributed by atoms with van der Waals surface area (Å²) in [4.78, 5) is 22.8. The summed E-state index contributed by atoms with van der Waals surface area (Å²) < 4.78 is 6.19. The summed E-state index contributed by atoms with van der Waals surface area (Å²) in [5.74, 6) is 1.64. The Morgan fingerprint density at radius 1 is 1.17 bits per heavy atom. The van der Waals surface area contributed by atoms with Gasteiger partial charge in [0.25, 0.3) is 0 Å². The number of amides is 1. The highest BCUT2D eigenvalue weighted by molar-refractivity contribution is 7.99. The van der Waals surface area contributed by atoms with E-state index in [0.717, 1.165) is 39.0 Å². The Labute approximate surface area is 191 Å². The third kappa shape index (κ3) is 6.35. The maximum Gasteiger partial charge on any atom is 0.229 e. The van der Waals surface area contributed by atoms with Gasteiger partial charge in [0.15, 0.2) is 5.13 Å². The number of benzene rings is 2. The van der Waals surface area contributed by atoms with Gasteiger partial charge in [0.2, 0.25) is 5.91 Å². The fraction of sp³-hybridized carbons (Fsp3) is 0.364. The molecule has 1 heterocycles. The Morgan fingerprint density at radius 3 is 2.63 bits per heavy atom. The second-order valence-corrected chi connectivity index (χ2v) is 9.70. The van der Waals surface area contributed by atoms with Crippen LogP contribution in [0.4, 0.5) is 5.13 Å². The maximum atomic E-state index is 13.1. The van der Waals surface area contributed by atoms with E-state index in [9.17, 15) is 4.79 Å². The first-order chi connectivity index (χ1) is 14.5. The molecule has 0 radical (unpaired) electrons. The molecule has 0 fully saturated rings. The fourth-order valence-corrected chi connectivity index (χ4v) is 5.06. The zero-order valence-electron chi connectivity index (χ0n) is 17.4. The van der Waals surface area contributed by atoms with Gasteiger partial charge in [-0.1, -0.05) is 22.9 Å². The average molecular weight is 464 g/mol. The number of thioether (sulfide) groups is 1. The summed E-state index contributed by atoms with van der Waals surface area (Å²) >= 11 is 9.30. The van der Waals surface area contributed by atoms with Crippen LogP contribution in [0, 0.1) is 0 Å². The van der Waals surface area contributed by atoms with Gasteiger partial charge in [0, 0.05) is 28.6 Å². The van der Waals surface area contributed by atoms with Crippen LogP contribution in [0.3, 0.4) is 0 Å². The van der Waals surface area contributed by atoms with Crippen molar-refractivity contribution in [3.63, 3.8) is 0 Å². The summed E-state index contributed by atoms with van der Waals surface area (Å²) in [7, 11) is 5.73. The SMILES string of the molecule is COc1ccc(SCCC(=O)N(CCCN(C)C)c2nc3ccc(Cl)cc3s2)cc1. The summed E-state index contributed by atoms with van der Waals surface area (Å²) in [6.45, 7) is 1.57. The maximum absolute atomic E-state index is 13.1. The van der Waals surface area contributed by atoms with E-state index in [1.54, 1.807) is 18.9 Å². The van der Waals surface area contributed by atoms with Crippen LogP contribution < -0.4 is 9.64 Å². The number of ether oxygens (including phenoxy) is 1. The summed E-state index contributed by atoms with van der Waals surface area (Å²) in [5.41, 5.74) is 0.873. The van der Waals surface area contributed by atoms with Crippen molar-refractivity contribution in [2.45, 2.75) is 17.7 Å². The third-order valence-corrected chi connectivity index (χ3v) is 6.79. The lowest BCUT2D eigenvalue weighted by molar-refractivity contribution is -0.118. The molecule has 0 spiro atoms. The van der Waals surface area contributed by atoms with Crippen molar-refractivity contribution in [1.82, 2.24) is 9.88 Å². The number of methoxy groups -OCH3 is 1. The topological polar surface area (TPSA) is 45.7 Å². The number of hydrogen-bond acceptors (Lipinski definition) is 6. The highest BCUT2D eigenvalue weighted by Gasteiger charge is 2.19. The lowest BCUT2D eigenvalue weighted by Gasteiger charge is -2.21. The number of fused-ring (bicyclic) bond motifs is 1. The van der Waals surface area contributed by atoms with Crippen molar-refractivity contribution in [3.05, 3.63) is 47.5 Å². The van der Waals surface area contributed by atoms with Crippen molar-refractivity contribution in [1.29, 1.82) is 0 Å². The molecule has 0 N–H and O–H groups in total. The zero-order valence-corrected chi connectivity index (χ0v) is 19.8. The standard InChI is InChI=1S/C22H26ClN3O2S2/c1-25(2)12-4-13-26(22-24-19-10-5-16(23)15-20(19)30-22)21(27)11-14-29-18-8-6-17(28-3)7-9-18/h5-10,15H,4,11-14H2,1-3H3. The molecule has 3 rings (SSSR count). The molecule has 8 heteroatoms. The highest BCUT2D eigenvalue weighted by Crippen LogP contribution is 2.31. The molecular weight excluding hydrogens is 438 g/mol. The molecule has 30 heavy (non-hydrogen) atoms. The summed E-state index contributed by atoms with van der Waals surface area (Å²) in [5, 5.41) is 1.42. The first kappa shape index (κ1) is 22.9. The van der Waals surface area contributed by atoms with Gasteiger partial charge in [-0.3, -0.25) is 9.69 Å². The van der Waals surface area contributed by atoms with Crippen molar-refractivity contribution >= 4 is 56.0 Å². The Kier molecular flexibility index (Phi) is 8.39. The highest BCUT2D eigenvalue weighted by atomic mass is 35.5. The number of carbonyl (C=O) groups is 1. The number of rotatable bonds is 10. The lowest BCUT2D eigenvalue weighted by atomic mass is 10.3. The van der Waals surface area contributed by atoms with Gasteiger partial charge < -0.3 is 9.64 Å². The van der Waals surface area contributed by atoms with Crippen LogP contribution in [-0.2, 0) is 4.79 Å². The van der Waals surface area contributed by atoms with E-state index in [0.29, 0.717) is 23.7 Å². The molecule has 0 atom stereocenters. The van der Waals surface area contributed by atoms with E-state index in [1.807, 2.05) is 61.5 Å². The minimum absolute atomic E-state index is 0.0971. The molecule has 3 aromatic rings. The molecule has 2 aromatic carbocycles. The Balaban J connectivity index is 1.67. The first-order valence-electron chi connectivity index (χ1n) is 9.74. The van der Waals surface area contributed by atoms with Gasteiger partial charge in [-0.05, 0) is 69.5 Å². The number of halogens is 1. The number of nitrogens with zero attached hydrogens (tertiary/aromatic N) is 3. The first-order valence-corrected chi connectivity index (χ1v) is 11.9. The van der Waals surface area contributed by atoms with Gasteiger partial charge in [-0.25, -0.2) is 4.98 Å². The summed E-state index contributed by atoms with van der Waals surface area (Å²) in [6, 6.07) is 13.5. The third-order valence-electron chi connectivity index (χ3n) is 4.50. The van der Waals surface area contributed by atoms with E-state index in [2.05, 4.69) is 9.88 Å². The predicted molar refractivity (Wildman–Crippen MR) is 128 cm³/mol. The van der Waals surface area contributed by atoms with Crippen molar-refractivity contribution in [2.75, 3.05) is 44.9 Å².